The van der Waals surface area contributed by atoms with Crippen molar-refractivity contribution < 1.29 is 4.74 Å². The maximum atomic E-state index is 6.18. The van der Waals surface area contributed by atoms with Crippen molar-refractivity contribution in [1.29, 1.82) is 0 Å². The standard InChI is InChI=1S/C28H32N6O/c1-5-25-32-23-13-19(15-29-26(23)33-25)18-6-7-24-20(12-18)16-34(10-11-35-24)27-21-14-28(3,4)9-8-22(21)30-17(2)31-27/h6-7,12-13,15H,5,8-11,14,16H2,1-4H3,(H,29,32,33). The van der Waals surface area contributed by atoms with Crippen LogP contribution >= 0.6 is 0 Å². The zero-order valence-electron chi connectivity index (χ0n) is 21.0. The van der Waals surface area contributed by atoms with Crippen LogP contribution in [0.3, 0.4) is 0 Å². The zero-order valence-corrected chi connectivity index (χ0v) is 21.0. The second-order valence-electron chi connectivity index (χ2n) is 10.6. The molecule has 0 spiro atoms. The molecule has 1 aliphatic carbocycles. The van der Waals surface area contributed by atoms with Gasteiger partial charge < -0.3 is 14.6 Å². The quantitative estimate of drug-likeness (QED) is 0.445. The van der Waals surface area contributed by atoms with Crippen molar-refractivity contribution in [3.63, 3.8) is 0 Å². The number of nitrogens with zero attached hydrogens (tertiary/aromatic N) is 5. The average molecular weight is 469 g/mol. The minimum Gasteiger partial charge on any atom is -0.491 e. The van der Waals surface area contributed by atoms with E-state index in [2.05, 4.69) is 64.9 Å². The van der Waals surface area contributed by atoms with Crippen LogP contribution < -0.4 is 9.64 Å². The van der Waals surface area contributed by atoms with Crippen LogP contribution in [0.1, 0.15) is 55.7 Å². The molecule has 1 aliphatic heterocycles. The van der Waals surface area contributed by atoms with Gasteiger partial charge in [0, 0.05) is 41.5 Å². The molecule has 7 nitrogen and oxygen atoms in total. The first kappa shape index (κ1) is 22.0. The number of rotatable bonds is 3. The van der Waals surface area contributed by atoms with Crippen molar-refractivity contribution in [1.82, 2.24) is 24.9 Å². The minimum absolute atomic E-state index is 0.268. The molecule has 0 radical (unpaired) electrons. The zero-order chi connectivity index (χ0) is 24.2. The molecule has 4 aromatic rings. The molecule has 0 bridgehead atoms. The summed E-state index contributed by atoms with van der Waals surface area (Å²) in [5.41, 5.74) is 7.89. The Kier molecular flexibility index (Phi) is 5.24. The number of aryl methyl sites for hydroxylation is 3. The molecule has 0 amide bonds. The van der Waals surface area contributed by atoms with Crippen molar-refractivity contribution >= 4 is 17.0 Å². The number of pyridine rings is 1. The molecule has 6 rings (SSSR count). The molecule has 0 unspecified atom stereocenters. The molecule has 1 aromatic carbocycles. The van der Waals surface area contributed by atoms with E-state index in [1.165, 1.54) is 23.2 Å². The molecule has 0 saturated carbocycles. The summed E-state index contributed by atoms with van der Waals surface area (Å²) in [5, 5.41) is 0. The van der Waals surface area contributed by atoms with Crippen LogP contribution in [0.15, 0.2) is 30.5 Å². The van der Waals surface area contributed by atoms with Gasteiger partial charge in [0.1, 0.15) is 29.8 Å². The lowest BCUT2D eigenvalue weighted by molar-refractivity contribution is 0.310. The summed E-state index contributed by atoms with van der Waals surface area (Å²) in [6.07, 6.45) is 5.97. The molecule has 1 N–H and O–H groups in total. The maximum absolute atomic E-state index is 6.18. The third-order valence-electron chi connectivity index (χ3n) is 7.27. The first-order chi connectivity index (χ1) is 16.9. The number of aromatic amines is 1. The van der Waals surface area contributed by atoms with Crippen LogP contribution in [-0.4, -0.2) is 38.1 Å². The Bertz CT molecular complexity index is 1420. The van der Waals surface area contributed by atoms with Crippen molar-refractivity contribution in [3.8, 4) is 16.9 Å². The van der Waals surface area contributed by atoms with E-state index in [4.69, 9.17) is 14.7 Å². The summed E-state index contributed by atoms with van der Waals surface area (Å²) in [7, 11) is 0. The second kappa shape index (κ2) is 8.33. The molecule has 4 heterocycles. The lowest BCUT2D eigenvalue weighted by atomic mass is 9.76. The average Bonchev–Trinajstić information content (AvgIpc) is 3.14. The van der Waals surface area contributed by atoms with E-state index in [0.717, 1.165) is 77.9 Å². The Morgan fingerprint density at radius 2 is 2.00 bits per heavy atom. The second-order valence-corrected chi connectivity index (χ2v) is 10.6. The van der Waals surface area contributed by atoms with Gasteiger partial charge in [0.15, 0.2) is 5.65 Å². The highest BCUT2D eigenvalue weighted by atomic mass is 16.5. The number of ether oxygens (including phenoxy) is 1. The van der Waals surface area contributed by atoms with E-state index < -0.39 is 0 Å². The Morgan fingerprint density at radius 1 is 1.11 bits per heavy atom. The van der Waals surface area contributed by atoms with Crippen molar-refractivity contribution in [2.24, 2.45) is 5.41 Å². The molecule has 3 aromatic heterocycles. The third kappa shape index (κ3) is 4.13. The third-order valence-corrected chi connectivity index (χ3v) is 7.27. The highest BCUT2D eigenvalue weighted by Crippen LogP contribution is 2.39. The monoisotopic (exact) mass is 468 g/mol. The normalized spacial score (nSPS) is 17.0. The first-order valence-electron chi connectivity index (χ1n) is 12.6. The predicted molar refractivity (Wildman–Crippen MR) is 138 cm³/mol. The van der Waals surface area contributed by atoms with E-state index >= 15 is 0 Å². The van der Waals surface area contributed by atoms with E-state index in [1.807, 2.05) is 13.1 Å². The van der Waals surface area contributed by atoms with Gasteiger partial charge in [0.25, 0.3) is 0 Å². The highest BCUT2D eigenvalue weighted by Gasteiger charge is 2.31. The Labute approximate surface area is 206 Å². The number of aromatic nitrogens is 5. The van der Waals surface area contributed by atoms with Gasteiger partial charge in [-0.2, -0.15) is 0 Å². The van der Waals surface area contributed by atoms with Gasteiger partial charge in [-0.3, -0.25) is 0 Å². The largest absolute Gasteiger partial charge is 0.491 e. The van der Waals surface area contributed by atoms with Gasteiger partial charge in [0.05, 0.1) is 12.1 Å². The van der Waals surface area contributed by atoms with Gasteiger partial charge in [-0.15, -0.1) is 0 Å². The van der Waals surface area contributed by atoms with Crippen LogP contribution in [0.4, 0.5) is 5.82 Å². The number of H-pyrrole nitrogens is 1. The molecule has 0 atom stereocenters. The van der Waals surface area contributed by atoms with Crippen LogP contribution in [0, 0.1) is 12.3 Å². The van der Waals surface area contributed by atoms with Crippen molar-refractivity contribution in [3.05, 3.63) is 58.9 Å². The Morgan fingerprint density at radius 3 is 2.86 bits per heavy atom. The summed E-state index contributed by atoms with van der Waals surface area (Å²) >= 11 is 0. The number of nitrogens with one attached hydrogen (secondary N) is 1. The van der Waals surface area contributed by atoms with Crippen LogP contribution in [0.2, 0.25) is 0 Å². The fraction of sp³-hybridized carbons (Fsp3) is 0.429. The van der Waals surface area contributed by atoms with Gasteiger partial charge in [0.2, 0.25) is 0 Å². The molecular weight excluding hydrogens is 436 g/mol. The van der Waals surface area contributed by atoms with Gasteiger partial charge in [-0.25, -0.2) is 19.9 Å². The van der Waals surface area contributed by atoms with Crippen molar-refractivity contribution in [2.75, 3.05) is 18.1 Å². The number of fused-ring (bicyclic) bond motifs is 3. The number of anilines is 1. The molecule has 7 heteroatoms. The fourth-order valence-electron chi connectivity index (χ4n) is 5.34. The Balaban J connectivity index is 1.37. The fourth-order valence-corrected chi connectivity index (χ4v) is 5.34. The molecule has 35 heavy (non-hydrogen) atoms. The number of imidazole rings is 1. The highest BCUT2D eigenvalue weighted by molar-refractivity contribution is 5.78. The van der Waals surface area contributed by atoms with Gasteiger partial charge in [-0.1, -0.05) is 26.8 Å². The summed E-state index contributed by atoms with van der Waals surface area (Å²) in [6.45, 7) is 11.0. The lowest BCUT2D eigenvalue weighted by Gasteiger charge is -2.34. The summed E-state index contributed by atoms with van der Waals surface area (Å²) in [5.74, 6) is 3.83. The molecule has 2 aliphatic rings. The van der Waals surface area contributed by atoms with E-state index in [1.54, 1.807) is 0 Å². The number of hydrogen-bond acceptors (Lipinski definition) is 6. The first-order valence-corrected chi connectivity index (χ1v) is 12.6. The predicted octanol–water partition coefficient (Wildman–Crippen LogP) is 5.20. The molecule has 0 saturated heterocycles. The maximum Gasteiger partial charge on any atom is 0.177 e. The van der Waals surface area contributed by atoms with Crippen molar-refractivity contribution in [2.45, 2.75) is 59.9 Å². The Hall–Kier alpha value is -3.48. The molecular formula is C28H32N6O. The SMILES string of the molecule is CCc1nc2ncc(-c3ccc4c(c3)CN(c3nc(C)nc5c3CC(C)(C)CC5)CCO4)cc2[nH]1. The van der Waals surface area contributed by atoms with Crippen LogP contribution in [0.25, 0.3) is 22.3 Å². The van der Waals surface area contributed by atoms with E-state index in [-0.39, 0.29) is 5.41 Å². The smallest absolute Gasteiger partial charge is 0.177 e. The molecule has 0 fully saturated rings. The lowest BCUT2D eigenvalue weighted by Crippen LogP contribution is -2.31. The number of benzene rings is 1. The van der Waals surface area contributed by atoms with E-state index in [0.29, 0.717) is 6.61 Å². The summed E-state index contributed by atoms with van der Waals surface area (Å²) in [6, 6.07) is 8.58. The van der Waals surface area contributed by atoms with Crippen LogP contribution in [-0.2, 0) is 25.8 Å². The minimum atomic E-state index is 0.268. The number of hydrogen-bond donors (Lipinski definition) is 1. The molecule has 180 valence electrons. The summed E-state index contributed by atoms with van der Waals surface area (Å²) < 4.78 is 6.18. The van der Waals surface area contributed by atoms with Gasteiger partial charge in [-0.05, 0) is 55.4 Å². The summed E-state index contributed by atoms with van der Waals surface area (Å²) in [4.78, 5) is 24.6. The topological polar surface area (TPSA) is 79.8 Å². The van der Waals surface area contributed by atoms with Crippen LogP contribution in [0.5, 0.6) is 5.75 Å². The van der Waals surface area contributed by atoms with Gasteiger partial charge >= 0.3 is 0 Å². The van der Waals surface area contributed by atoms with E-state index in [9.17, 15) is 0 Å².